The molecule has 0 unspecified atom stereocenters. The van der Waals surface area contributed by atoms with Gasteiger partial charge in [-0.2, -0.15) is 0 Å². The summed E-state index contributed by atoms with van der Waals surface area (Å²) in [5, 5.41) is 11.2. The molecule has 0 amide bonds. The molecule has 1 aliphatic heterocycles. The van der Waals surface area contributed by atoms with Crippen molar-refractivity contribution in [3.63, 3.8) is 0 Å². The lowest BCUT2D eigenvalue weighted by molar-refractivity contribution is 1.17. The number of hydrogen-bond donors (Lipinski definition) is 0. The molecule has 45 heavy (non-hydrogen) atoms. The third-order valence-corrected chi connectivity index (χ3v) is 14.8. The molecule has 0 spiro atoms. The monoisotopic (exact) mass is 588 g/mol. The summed E-state index contributed by atoms with van der Waals surface area (Å²) < 4.78 is 4.98. The van der Waals surface area contributed by atoms with Crippen LogP contribution in [0.3, 0.4) is 0 Å². The Labute approximate surface area is 262 Å². The Bertz CT molecular complexity index is 2380. The topological polar surface area (TPSA) is 9.86 Å². The lowest BCUT2D eigenvalue weighted by Crippen LogP contribution is -2.74. The Morgan fingerprint density at radius 1 is 0.289 bits per heavy atom. The maximum Gasteiger partial charge on any atom is 0.181 e. The summed E-state index contributed by atoms with van der Waals surface area (Å²) in [5.74, 6) is 0. The second-order valence-electron chi connectivity index (χ2n) is 12.1. The summed E-state index contributed by atoms with van der Waals surface area (Å²) in [5.41, 5.74) is 7.41. The molecule has 0 atom stereocenters. The molecule has 10 rings (SSSR count). The van der Waals surface area contributed by atoms with Crippen molar-refractivity contribution in [2.45, 2.75) is 0 Å². The Morgan fingerprint density at radius 2 is 0.644 bits per heavy atom. The van der Waals surface area contributed by atoms with E-state index in [-0.39, 0.29) is 0 Å². The Hall–Kier alpha value is -5.64. The van der Waals surface area contributed by atoms with Crippen LogP contribution in [0.5, 0.6) is 0 Å². The first kappa shape index (κ1) is 24.8. The Morgan fingerprint density at radius 3 is 1.04 bits per heavy atom. The molecule has 9 aromatic rings. The molecular weight excluding hydrogens is 561 g/mol. The highest BCUT2D eigenvalue weighted by atomic mass is 28.3. The Kier molecular flexibility index (Phi) is 5.05. The third-order valence-electron chi connectivity index (χ3n) is 9.96. The normalized spacial score (nSPS) is 13.5. The summed E-state index contributed by atoms with van der Waals surface area (Å²) in [7, 11) is -2.83. The molecule has 2 aromatic heterocycles. The van der Waals surface area contributed by atoms with Gasteiger partial charge in [-0.3, -0.25) is 0 Å². The first-order valence-corrected chi connectivity index (χ1v) is 17.6. The maximum atomic E-state index is 2.49. The molecular formula is C42H28N2Si. The standard InChI is InChI=1S/C42H28N2Si/c1-5-15-29(16-6-1)43-33-23-13-25-37-39(33)41-35(43)27-28-36-42(41)40-34(44(36)30-17-7-2-8-18-30)24-14-26-38(40)45(37,31-19-9-3-10-20-31)32-21-11-4-12-22-32/h1-28H. The lowest BCUT2D eigenvalue weighted by Gasteiger charge is -2.35. The highest BCUT2D eigenvalue weighted by Crippen LogP contribution is 2.43. The largest absolute Gasteiger partial charge is 0.309 e. The summed E-state index contributed by atoms with van der Waals surface area (Å²) in [6, 6.07) is 63.3. The minimum absolute atomic E-state index is 1.19. The number of aromatic nitrogens is 2. The molecule has 0 radical (unpaired) electrons. The van der Waals surface area contributed by atoms with Crippen LogP contribution in [0.15, 0.2) is 170 Å². The summed E-state index contributed by atoms with van der Waals surface area (Å²) >= 11 is 0. The van der Waals surface area contributed by atoms with Gasteiger partial charge in [0.15, 0.2) is 8.07 Å². The fraction of sp³-hybridized carbons (Fsp3) is 0. The van der Waals surface area contributed by atoms with Crippen LogP contribution in [0.25, 0.3) is 55.0 Å². The molecule has 2 nitrogen and oxygen atoms in total. The second-order valence-corrected chi connectivity index (χ2v) is 15.8. The molecule has 0 N–H and O–H groups in total. The van der Waals surface area contributed by atoms with Gasteiger partial charge in [-0.1, -0.05) is 121 Å². The SMILES string of the molecule is c1ccc(-n2c3cccc4c3c3c5c6c(cccc6n(-c6ccccc6)c5ccc32)[Si]4(c2ccccc2)c2ccccc2)cc1. The predicted molar refractivity (Wildman–Crippen MR) is 192 cm³/mol. The molecule has 0 saturated carbocycles. The smallest absolute Gasteiger partial charge is 0.181 e. The van der Waals surface area contributed by atoms with Crippen LogP contribution in [-0.4, -0.2) is 17.2 Å². The van der Waals surface area contributed by atoms with E-state index in [4.69, 9.17) is 0 Å². The van der Waals surface area contributed by atoms with Crippen molar-refractivity contribution in [2.24, 2.45) is 0 Å². The lowest BCUT2D eigenvalue weighted by atomic mass is 10.1. The zero-order chi connectivity index (χ0) is 29.5. The highest BCUT2D eigenvalue weighted by molar-refractivity contribution is 7.22. The van der Waals surface area contributed by atoms with Gasteiger partial charge in [-0.15, -0.1) is 0 Å². The van der Waals surface area contributed by atoms with E-state index in [0.717, 1.165) is 0 Å². The van der Waals surface area contributed by atoms with E-state index in [2.05, 4.69) is 179 Å². The number of hydrogen-bond acceptors (Lipinski definition) is 0. The first-order valence-electron chi connectivity index (χ1n) is 15.6. The van der Waals surface area contributed by atoms with Crippen LogP contribution < -0.4 is 20.7 Å². The van der Waals surface area contributed by atoms with Crippen molar-refractivity contribution < 1.29 is 0 Å². The van der Waals surface area contributed by atoms with Gasteiger partial charge in [-0.05, 0) is 69.3 Å². The van der Waals surface area contributed by atoms with Gasteiger partial charge in [0.1, 0.15) is 0 Å². The van der Waals surface area contributed by atoms with Gasteiger partial charge in [0.05, 0.1) is 22.1 Å². The maximum absolute atomic E-state index is 2.83. The number of para-hydroxylation sites is 2. The van der Waals surface area contributed by atoms with E-state index >= 15 is 0 Å². The van der Waals surface area contributed by atoms with E-state index < -0.39 is 8.07 Å². The number of nitrogens with zero attached hydrogens (tertiary/aromatic N) is 2. The fourth-order valence-corrected chi connectivity index (χ4v) is 13.5. The van der Waals surface area contributed by atoms with Crippen molar-refractivity contribution >= 4 is 72.4 Å². The van der Waals surface area contributed by atoms with Crippen molar-refractivity contribution in [1.82, 2.24) is 9.13 Å². The van der Waals surface area contributed by atoms with Gasteiger partial charge in [-0.25, -0.2) is 0 Å². The molecule has 0 saturated heterocycles. The third kappa shape index (κ3) is 3.13. The van der Waals surface area contributed by atoms with Gasteiger partial charge in [0, 0.05) is 32.9 Å². The van der Waals surface area contributed by atoms with Crippen molar-refractivity contribution in [3.8, 4) is 11.4 Å². The van der Waals surface area contributed by atoms with E-state index in [1.807, 2.05) is 0 Å². The van der Waals surface area contributed by atoms with Gasteiger partial charge in [0.25, 0.3) is 0 Å². The molecule has 210 valence electrons. The van der Waals surface area contributed by atoms with Crippen molar-refractivity contribution in [1.29, 1.82) is 0 Å². The van der Waals surface area contributed by atoms with E-state index in [9.17, 15) is 0 Å². The quantitative estimate of drug-likeness (QED) is 0.188. The molecule has 3 heterocycles. The molecule has 0 fully saturated rings. The average Bonchev–Trinajstić information content (AvgIpc) is 3.60. The summed E-state index contributed by atoms with van der Waals surface area (Å²) in [6.45, 7) is 0. The molecule has 3 heteroatoms. The minimum Gasteiger partial charge on any atom is -0.309 e. The van der Waals surface area contributed by atoms with Crippen LogP contribution in [-0.2, 0) is 0 Å². The van der Waals surface area contributed by atoms with Crippen LogP contribution in [0.2, 0.25) is 0 Å². The number of rotatable bonds is 4. The number of benzene rings is 7. The average molecular weight is 589 g/mol. The van der Waals surface area contributed by atoms with Crippen LogP contribution >= 0.6 is 0 Å². The zero-order valence-corrected chi connectivity index (χ0v) is 25.6. The first-order chi connectivity index (χ1) is 22.4. The van der Waals surface area contributed by atoms with Gasteiger partial charge < -0.3 is 9.13 Å². The molecule has 7 aromatic carbocycles. The van der Waals surface area contributed by atoms with Gasteiger partial charge in [0.2, 0.25) is 0 Å². The minimum atomic E-state index is -2.83. The van der Waals surface area contributed by atoms with E-state index in [0.29, 0.717) is 0 Å². The van der Waals surface area contributed by atoms with Crippen LogP contribution in [0, 0.1) is 0 Å². The van der Waals surface area contributed by atoms with Crippen LogP contribution in [0.4, 0.5) is 0 Å². The van der Waals surface area contributed by atoms with E-state index in [1.165, 1.54) is 75.7 Å². The van der Waals surface area contributed by atoms with Crippen molar-refractivity contribution in [2.75, 3.05) is 0 Å². The highest BCUT2D eigenvalue weighted by Gasteiger charge is 2.46. The van der Waals surface area contributed by atoms with Crippen LogP contribution in [0.1, 0.15) is 0 Å². The fourth-order valence-electron chi connectivity index (χ4n) is 8.34. The molecule has 0 bridgehead atoms. The van der Waals surface area contributed by atoms with E-state index in [1.54, 1.807) is 0 Å². The molecule has 0 aliphatic carbocycles. The molecule has 1 aliphatic rings. The predicted octanol–water partition coefficient (Wildman–Crippen LogP) is 7.57. The Balaban J connectivity index is 1.55. The van der Waals surface area contributed by atoms with Crippen molar-refractivity contribution in [3.05, 3.63) is 170 Å². The summed E-state index contributed by atoms with van der Waals surface area (Å²) in [4.78, 5) is 0. The zero-order valence-electron chi connectivity index (χ0n) is 24.6. The van der Waals surface area contributed by atoms with Gasteiger partial charge >= 0.3 is 0 Å². The second kappa shape index (κ2) is 9.18. The summed E-state index contributed by atoms with van der Waals surface area (Å²) in [6.07, 6.45) is 0.